The van der Waals surface area contributed by atoms with Gasteiger partial charge in [0.2, 0.25) is 0 Å². The van der Waals surface area contributed by atoms with Crippen LogP contribution in [0.5, 0.6) is 0 Å². The van der Waals surface area contributed by atoms with Gasteiger partial charge in [-0.1, -0.05) is 103 Å². The quantitative estimate of drug-likeness (QED) is 0.216. The van der Waals surface area contributed by atoms with Crippen LogP contribution in [0.15, 0.2) is 0 Å². The summed E-state index contributed by atoms with van der Waals surface area (Å²) in [5.41, 5.74) is 5.47. The molecule has 0 saturated heterocycles. The van der Waals surface area contributed by atoms with Gasteiger partial charge in [0.05, 0.1) is 0 Å². The topological polar surface area (TPSA) is 38.0 Å². The number of hydrogen-bond acceptors (Lipinski definition) is 2. The van der Waals surface area contributed by atoms with Crippen molar-refractivity contribution in [2.45, 2.75) is 116 Å². The molecule has 0 aliphatic rings. The monoisotopic (exact) mass is 398 g/mol. The van der Waals surface area contributed by atoms with Crippen molar-refractivity contribution < 1.29 is 0 Å². The molecule has 2 nitrogen and oxygen atoms in total. The molecule has 0 amide bonds. The van der Waals surface area contributed by atoms with Gasteiger partial charge >= 0.3 is 0 Å². The molecule has 0 aromatic rings. The van der Waals surface area contributed by atoms with E-state index < -0.39 is 0 Å². The Bertz CT molecular complexity index is 184. The van der Waals surface area contributed by atoms with Gasteiger partial charge in [0, 0.05) is 0 Å². The van der Waals surface area contributed by atoms with Crippen LogP contribution in [0.1, 0.15) is 116 Å². The van der Waals surface area contributed by atoms with Gasteiger partial charge in [0.25, 0.3) is 0 Å². The van der Waals surface area contributed by atoms with Gasteiger partial charge in [-0.3, -0.25) is 0 Å². The van der Waals surface area contributed by atoms with Gasteiger partial charge in [-0.2, -0.15) is 0 Å². The summed E-state index contributed by atoms with van der Waals surface area (Å²) in [7, 11) is 0. The van der Waals surface area contributed by atoms with Crippen molar-refractivity contribution in [2.75, 3.05) is 19.6 Å². The first-order valence-corrected chi connectivity index (χ1v) is 10.8. The molecule has 0 heterocycles. The summed E-state index contributed by atoms with van der Waals surface area (Å²) in [6.45, 7) is 5.38. The maximum absolute atomic E-state index is 5.47. The predicted octanol–water partition coefficient (Wildman–Crippen LogP) is 7.03. The number of rotatable bonds is 20. The first kappa shape index (κ1) is 30.2. The third-order valence-electron chi connectivity index (χ3n) is 4.76. The Balaban J connectivity index is -0.00000242. The van der Waals surface area contributed by atoms with E-state index in [1.54, 1.807) is 0 Å². The van der Waals surface area contributed by atoms with Crippen molar-refractivity contribution in [3.63, 3.8) is 0 Å². The molecule has 156 valence electrons. The van der Waals surface area contributed by atoms with Gasteiger partial charge in [-0.25, -0.2) is 0 Å². The maximum atomic E-state index is 5.47. The number of nitrogens with two attached hydrogens (primary N) is 1. The standard InChI is InChI=1S/C21H46N2.2ClH/c1-2-3-4-5-6-7-8-9-10-11-12-13-14-15-16-17-20-23-21-18-19-22;;/h23H,2-22H2,1H3;2*1H. The van der Waals surface area contributed by atoms with Gasteiger partial charge in [0.15, 0.2) is 0 Å². The molecule has 0 aromatic heterocycles. The molecule has 0 aliphatic carbocycles. The average molecular weight is 400 g/mol. The van der Waals surface area contributed by atoms with E-state index in [9.17, 15) is 0 Å². The molecular formula is C21H48Cl2N2. The zero-order chi connectivity index (χ0) is 16.8. The van der Waals surface area contributed by atoms with E-state index in [4.69, 9.17) is 5.73 Å². The zero-order valence-corrected chi connectivity index (χ0v) is 18.7. The predicted molar refractivity (Wildman–Crippen MR) is 121 cm³/mol. The molecule has 3 N–H and O–H groups in total. The molecule has 0 atom stereocenters. The maximum Gasteiger partial charge on any atom is -0.00369 e. The van der Waals surface area contributed by atoms with E-state index in [2.05, 4.69) is 12.2 Å². The highest BCUT2D eigenvalue weighted by atomic mass is 35.5. The van der Waals surface area contributed by atoms with Crippen molar-refractivity contribution in [1.82, 2.24) is 5.32 Å². The molecule has 0 aliphatic heterocycles. The Morgan fingerprint density at radius 1 is 0.480 bits per heavy atom. The average Bonchev–Trinajstić information content (AvgIpc) is 2.57. The van der Waals surface area contributed by atoms with E-state index in [-0.39, 0.29) is 24.8 Å². The van der Waals surface area contributed by atoms with Crippen LogP contribution in [-0.2, 0) is 0 Å². The molecule has 0 spiro atoms. The third-order valence-corrected chi connectivity index (χ3v) is 4.76. The summed E-state index contributed by atoms with van der Waals surface area (Å²) in [6, 6.07) is 0. The highest BCUT2D eigenvalue weighted by Gasteiger charge is 1.94. The van der Waals surface area contributed by atoms with Gasteiger partial charge in [-0.15, -0.1) is 24.8 Å². The molecule has 4 heteroatoms. The molecule has 0 saturated carbocycles. The fourth-order valence-electron chi connectivity index (χ4n) is 3.15. The van der Waals surface area contributed by atoms with Crippen LogP contribution in [-0.4, -0.2) is 19.6 Å². The van der Waals surface area contributed by atoms with Crippen LogP contribution in [0.3, 0.4) is 0 Å². The summed E-state index contributed by atoms with van der Waals surface area (Å²) in [5, 5.41) is 3.46. The lowest BCUT2D eigenvalue weighted by molar-refractivity contribution is 0.524. The summed E-state index contributed by atoms with van der Waals surface area (Å²) < 4.78 is 0. The normalized spacial score (nSPS) is 10.3. The summed E-state index contributed by atoms with van der Waals surface area (Å²) >= 11 is 0. The molecule has 0 rings (SSSR count). The van der Waals surface area contributed by atoms with Gasteiger partial charge < -0.3 is 11.1 Å². The lowest BCUT2D eigenvalue weighted by atomic mass is 10.0. The molecule has 0 radical (unpaired) electrons. The number of hydrogen-bond donors (Lipinski definition) is 2. The Labute approximate surface area is 171 Å². The van der Waals surface area contributed by atoms with E-state index in [1.165, 1.54) is 109 Å². The van der Waals surface area contributed by atoms with Crippen molar-refractivity contribution in [1.29, 1.82) is 0 Å². The smallest absolute Gasteiger partial charge is 0.00369 e. The zero-order valence-electron chi connectivity index (χ0n) is 17.0. The second-order valence-corrected chi connectivity index (χ2v) is 7.20. The minimum atomic E-state index is 0. The van der Waals surface area contributed by atoms with Crippen LogP contribution < -0.4 is 11.1 Å². The Hall–Kier alpha value is 0.500. The lowest BCUT2D eigenvalue weighted by Crippen LogP contribution is -2.19. The van der Waals surface area contributed by atoms with Crippen LogP contribution in [0.2, 0.25) is 0 Å². The number of unbranched alkanes of at least 4 members (excludes halogenated alkanes) is 15. The first-order valence-electron chi connectivity index (χ1n) is 10.8. The molecule has 0 bridgehead atoms. The SMILES string of the molecule is CCCCCCCCCCCCCCCCCCNCCCN.Cl.Cl. The van der Waals surface area contributed by atoms with Crippen LogP contribution in [0.4, 0.5) is 0 Å². The van der Waals surface area contributed by atoms with Gasteiger partial charge in [0.1, 0.15) is 0 Å². The largest absolute Gasteiger partial charge is 0.330 e. The van der Waals surface area contributed by atoms with E-state index >= 15 is 0 Å². The molecule has 0 fully saturated rings. The first-order chi connectivity index (χ1) is 11.4. The minimum Gasteiger partial charge on any atom is -0.330 e. The molecule has 0 aromatic carbocycles. The Morgan fingerprint density at radius 3 is 1.16 bits per heavy atom. The molecule has 0 unspecified atom stereocenters. The number of halogens is 2. The fourth-order valence-corrected chi connectivity index (χ4v) is 3.15. The number of nitrogens with one attached hydrogen (secondary N) is 1. The second kappa shape index (κ2) is 29.3. The Morgan fingerprint density at radius 2 is 0.800 bits per heavy atom. The van der Waals surface area contributed by atoms with Crippen molar-refractivity contribution in [3.8, 4) is 0 Å². The summed E-state index contributed by atoms with van der Waals surface area (Å²) in [5.74, 6) is 0. The van der Waals surface area contributed by atoms with E-state index in [0.29, 0.717) is 0 Å². The molecule has 25 heavy (non-hydrogen) atoms. The molecular weight excluding hydrogens is 351 g/mol. The van der Waals surface area contributed by atoms with Crippen LogP contribution in [0.25, 0.3) is 0 Å². The van der Waals surface area contributed by atoms with Crippen LogP contribution in [0, 0.1) is 0 Å². The van der Waals surface area contributed by atoms with Crippen molar-refractivity contribution in [2.24, 2.45) is 5.73 Å². The van der Waals surface area contributed by atoms with Gasteiger partial charge in [-0.05, 0) is 32.5 Å². The Kier molecular flexibility index (Phi) is 35.4. The summed E-state index contributed by atoms with van der Waals surface area (Å²) in [4.78, 5) is 0. The minimum absolute atomic E-state index is 0. The van der Waals surface area contributed by atoms with E-state index in [1.807, 2.05) is 0 Å². The van der Waals surface area contributed by atoms with E-state index in [0.717, 1.165) is 19.5 Å². The van der Waals surface area contributed by atoms with Crippen LogP contribution >= 0.6 is 24.8 Å². The lowest BCUT2D eigenvalue weighted by Gasteiger charge is -2.04. The van der Waals surface area contributed by atoms with Crippen molar-refractivity contribution in [3.05, 3.63) is 0 Å². The van der Waals surface area contributed by atoms with Crippen molar-refractivity contribution >= 4 is 24.8 Å². The second-order valence-electron chi connectivity index (χ2n) is 7.20. The summed E-state index contributed by atoms with van der Waals surface area (Å²) in [6.07, 6.45) is 24.2. The third kappa shape index (κ3) is 29.5. The highest BCUT2D eigenvalue weighted by Crippen LogP contribution is 2.13. The highest BCUT2D eigenvalue weighted by molar-refractivity contribution is 5.85. The fraction of sp³-hybridized carbons (Fsp3) is 1.00.